The predicted octanol–water partition coefficient (Wildman–Crippen LogP) is 5.60. The van der Waals surface area contributed by atoms with E-state index in [0.29, 0.717) is 5.92 Å². The van der Waals surface area contributed by atoms with Crippen LogP contribution < -0.4 is 0 Å². The first-order valence-electron chi connectivity index (χ1n) is 10.1. The molecule has 0 aromatic rings. The van der Waals surface area contributed by atoms with Gasteiger partial charge in [-0.3, -0.25) is 4.79 Å². The van der Waals surface area contributed by atoms with Gasteiger partial charge in [0.1, 0.15) is 0 Å². The van der Waals surface area contributed by atoms with Gasteiger partial charge in [0.25, 0.3) is 0 Å². The molecule has 0 aromatic heterocycles. The van der Waals surface area contributed by atoms with Crippen molar-refractivity contribution in [1.82, 2.24) is 0 Å². The van der Waals surface area contributed by atoms with Crippen molar-refractivity contribution in [3.63, 3.8) is 0 Å². The number of aliphatic carboxylic acids is 1. The molecule has 2 heteroatoms. The van der Waals surface area contributed by atoms with Crippen LogP contribution in [0.4, 0.5) is 0 Å². The maximum Gasteiger partial charge on any atom is 0.307 e. The smallest absolute Gasteiger partial charge is 0.307 e. The predicted molar refractivity (Wildman–Crippen MR) is 96.6 cm³/mol. The molecule has 0 heterocycles. The van der Waals surface area contributed by atoms with Crippen molar-refractivity contribution >= 4 is 5.97 Å². The number of carboxylic acids is 1. The van der Waals surface area contributed by atoms with Crippen LogP contribution in [0.25, 0.3) is 0 Å². The zero-order valence-electron chi connectivity index (χ0n) is 15.3. The third-order valence-electron chi connectivity index (χ3n) is 8.34. The van der Waals surface area contributed by atoms with Crippen LogP contribution in [0.5, 0.6) is 0 Å². The van der Waals surface area contributed by atoms with Gasteiger partial charge in [-0.25, -0.2) is 0 Å². The molecule has 6 atom stereocenters. The van der Waals surface area contributed by atoms with Crippen LogP contribution in [0.3, 0.4) is 0 Å². The lowest BCUT2D eigenvalue weighted by Gasteiger charge is -2.57. The number of allylic oxidation sites excluding steroid dienone is 4. The highest BCUT2D eigenvalue weighted by Gasteiger charge is 2.61. The molecule has 3 saturated carbocycles. The fraction of sp³-hybridized carbons (Fsp3) is 0.773. The van der Waals surface area contributed by atoms with Crippen LogP contribution in [-0.2, 0) is 4.79 Å². The van der Waals surface area contributed by atoms with Crippen molar-refractivity contribution < 1.29 is 9.90 Å². The Bertz CT molecular complexity index is 589. The minimum absolute atomic E-state index is 0.0879. The van der Waals surface area contributed by atoms with Gasteiger partial charge < -0.3 is 5.11 Å². The van der Waals surface area contributed by atoms with E-state index in [2.05, 4.69) is 32.1 Å². The Morgan fingerprint density at radius 3 is 2.83 bits per heavy atom. The lowest BCUT2D eigenvalue weighted by Crippen LogP contribution is -2.51. The van der Waals surface area contributed by atoms with Gasteiger partial charge in [0.2, 0.25) is 0 Å². The van der Waals surface area contributed by atoms with Crippen molar-refractivity contribution in [2.45, 2.75) is 71.6 Å². The standard InChI is InChI=1S/C22H32O2/c1-3-12-22-14-11-17-16(18(22)9-10-19(22)20(23)24)8-7-15-6-4-5-13-21(15,17)2/h5-6,13,16-19H,3-4,7-12,14H2,1-2H3,(H,23,24)/t16-,17+,18+,19-,21+,22+/m1/s1. The van der Waals surface area contributed by atoms with E-state index in [0.717, 1.165) is 50.4 Å². The lowest BCUT2D eigenvalue weighted by atomic mass is 9.47. The van der Waals surface area contributed by atoms with Crippen molar-refractivity contribution in [3.8, 4) is 0 Å². The van der Waals surface area contributed by atoms with Gasteiger partial charge in [-0.15, -0.1) is 0 Å². The molecule has 0 spiro atoms. The molecule has 3 fully saturated rings. The van der Waals surface area contributed by atoms with E-state index in [1.165, 1.54) is 19.3 Å². The zero-order valence-corrected chi connectivity index (χ0v) is 15.3. The van der Waals surface area contributed by atoms with E-state index in [1.807, 2.05) is 0 Å². The summed E-state index contributed by atoms with van der Waals surface area (Å²) >= 11 is 0. The Kier molecular flexibility index (Phi) is 3.93. The summed E-state index contributed by atoms with van der Waals surface area (Å²) < 4.78 is 0. The molecule has 132 valence electrons. The Morgan fingerprint density at radius 1 is 1.25 bits per heavy atom. The topological polar surface area (TPSA) is 37.3 Å². The summed E-state index contributed by atoms with van der Waals surface area (Å²) in [5, 5.41) is 9.86. The first kappa shape index (κ1) is 16.4. The second-order valence-electron chi connectivity index (χ2n) is 9.06. The Hall–Kier alpha value is -1.05. The van der Waals surface area contributed by atoms with Crippen molar-refractivity contribution in [1.29, 1.82) is 0 Å². The molecule has 4 aliphatic rings. The van der Waals surface area contributed by atoms with Gasteiger partial charge in [0, 0.05) is 5.41 Å². The lowest BCUT2D eigenvalue weighted by molar-refractivity contribution is -0.150. The van der Waals surface area contributed by atoms with Gasteiger partial charge in [-0.05, 0) is 74.5 Å². The SMILES string of the molecule is CCC[C@]12CC[C@H]3[C@@H](CCC4=CCC=C[C@@]43C)[C@@H]1CC[C@@H]2C(=O)O. The average molecular weight is 328 g/mol. The minimum atomic E-state index is -0.524. The molecule has 4 aliphatic carbocycles. The molecule has 4 rings (SSSR count). The first-order chi connectivity index (χ1) is 11.5. The number of hydrogen-bond donors (Lipinski definition) is 1. The highest BCUT2D eigenvalue weighted by atomic mass is 16.4. The van der Waals surface area contributed by atoms with E-state index in [1.54, 1.807) is 5.57 Å². The Morgan fingerprint density at radius 2 is 2.08 bits per heavy atom. The number of carboxylic acid groups (broad SMARTS) is 1. The monoisotopic (exact) mass is 328 g/mol. The quantitative estimate of drug-likeness (QED) is 0.685. The summed E-state index contributed by atoms with van der Waals surface area (Å²) in [7, 11) is 0. The Balaban J connectivity index is 1.69. The fourth-order valence-corrected chi connectivity index (χ4v) is 7.47. The van der Waals surface area contributed by atoms with Gasteiger partial charge in [-0.2, -0.15) is 0 Å². The zero-order chi connectivity index (χ0) is 16.9. The molecule has 0 aliphatic heterocycles. The second-order valence-corrected chi connectivity index (χ2v) is 9.06. The number of carbonyl (C=O) groups is 1. The van der Waals surface area contributed by atoms with Crippen LogP contribution in [0, 0.1) is 34.5 Å². The van der Waals surface area contributed by atoms with E-state index in [9.17, 15) is 9.90 Å². The van der Waals surface area contributed by atoms with Crippen LogP contribution in [0.15, 0.2) is 23.8 Å². The maximum absolute atomic E-state index is 12.0. The van der Waals surface area contributed by atoms with E-state index in [4.69, 9.17) is 0 Å². The summed E-state index contributed by atoms with van der Waals surface area (Å²) in [4.78, 5) is 12.0. The molecule has 0 unspecified atom stereocenters. The van der Waals surface area contributed by atoms with Gasteiger partial charge in [-0.1, -0.05) is 44.1 Å². The molecular formula is C22H32O2. The van der Waals surface area contributed by atoms with Crippen LogP contribution >= 0.6 is 0 Å². The normalized spacial score (nSPS) is 46.7. The third-order valence-corrected chi connectivity index (χ3v) is 8.34. The maximum atomic E-state index is 12.0. The van der Waals surface area contributed by atoms with E-state index >= 15 is 0 Å². The molecule has 24 heavy (non-hydrogen) atoms. The summed E-state index contributed by atoms with van der Waals surface area (Å²) in [6.45, 7) is 4.70. The molecular weight excluding hydrogens is 296 g/mol. The molecule has 2 nitrogen and oxygen atoms in total. The highest BCUT2D eigenvalue weighted by molar-refractivity contribution is 5.71. The number of rotatable bonds is 3. The Labute approximate surface area is 146 Å². The first-order valence-corrected chi connectivity index (χ1v) is 10.1. The van der Waals surface area contributed by atoms with Gasteiger partial charge in [0.15, 0.2) is 0 Å². The molecule has 0 aromatic carbocycles. The summed E-state index contributed by atoms with van der Waals surface area (Å²) in [6.07, 6.45) is 17.6. The number of hydrogen-bond acceptors (Lipinski definition) is 1. The summed E-state index contributed by atoms with van der Waals surface area (Å²) in [5.41, 5.74) is 2.01. The van der Waals surface area contributed by atoms with E-state index < -0.39 is 5.97 Å². The van der Waals surface area contributed by atoms with Crippen LogP contribution in [0.1, 0.15) is 71.6 Å². The second kappa shape index (κ2) is 5.75. The van der Waals surface area contributed by atoms with Crippen molar-refractivity contribution in [2.24, 2.45) is 34.5 Å². The molecule has 0 saturated heterocycles. The van der Waals surface area contributed by atoms with Crippen molar-refractivity contribution in [3.05, 3.63) is 23.8 Å². The largest absolute Gasteiger partial charge is 0.481 e. The summed E-state index contributed by atoms with van der Waals surface area (Å²) in [5.74, 6) is 1.50. The van der Waals surface area contributed by atoms with Gasteiger partial charge in [0.05, 0.1) is 5.92 Å². The van der Waals surface area contributed by atoms with Crippen LogP contribution in [-0.4, -0.2) is 11.1 Å². The van der Waals surface area contributed by atoms with E-state index in [-0.39, 0.29) is 16.7 Å². The molecule has 0 radical (unpaired) electrons. The highest BCUT2D eigenvalue weighted by Crippen LogP contribution is 2.67. The van der Waals surface area contributed by atoms with Gasteiger partial charge >= 0.3 is 5.97 Å². The minimum Gasteiger partial charge on any atom is -0.481 e. The fourth-order valence-electron chi connectivity index (χ4n) is 7.47. The summed E-state index contributed by atoms with van der Waals surface area (Å²) in [6, 6.07) is 0. The van der Waals surface area contributed by atoms with Crippen LogP contribution in [0.2, 0.25) is 0 Å². The average Bonchev–Trinajstić information content (AvgIpc) is 2.94. The molecule has 0 amide bonds. The van der Waals surface area contributed by atoms with Crippen molar-refractivity contribution in [2.75, 3.05) is 0 Å². The number of fused-ring (bicyclic) bond motifs is 5. The third kappa shape index (κ3) is 2.10. The molecule has 0 bridgehead atoms. The molecule has 1 N–H and O–H groups in total.